The molecule has 0 aliphatic carbocycles. The molecule has 0 aromatic heterocycles. The molecule has 1 atom stereocenters. The molecule has 1 unspecified atom stereocenters. The van der Waals surface area contributed by atoms with Crippen molar-refractivity contribution in [3.8, 4) is 11.5 Å². The van der Waals surface area contributed by atoms with E-state index in [-0.39, 0.29) is 6.10 Å². The maximum atomic E-state index is 5.51. The van der Waals surface area contributed by atoms with E-state index in [4.69, 9.17) is 14.4 Å². The van der Waals surface area contributed by atoms with Crippen LogP contribution in [0, 0.1) is 0 Å². The summed E-state index contributed by atoms with van der Waals surface area (Å²) >= 11 is 0. The first kappa shape index (κ1) is 11.8. The zero-order valence-corrected chi connectivity index (χ0v) is 10.1. The van der Waals surface area contributed by atoms with Crippen LogP contribution < -0.4 is 9.57 Å². The third-order valence-corrected chi connectivity index (χ3v) is 2.39. The Balaban J connectivity index is 1.89. The lowest BCUT2D eigenvalue weighted by atomic mass is 10.3. The van der Waals surface area contributed by atoms with Gasteiger partial charge in [0, 0.05) is 0 Å². The van der Waals surface area contributed by atoms with Gasteiger partial charge in [-0.25, -0.2) is 4.84 Å². The van der Waals surface area contributed by atoms with E-state index in [2.05, 4.69) is 6.92 Å². The number of hydrogen-bond donors (Lipinski definition) is 0. The highest BCUT2D eigenvalue weighted by atomic mass is 17.0. The number of nitrogens with zero attached hydrogens (tertiary/aromatic N) is 1. The van der Waals surface area contributed by atoms with Crippen LogP contribution in [-0.4, -0.2) is 17.9 Å². The van der Waals surface area contributed by atoms with Gasteiger partial charge in [0.05, 0.1) is 12.8 Å². The van der Waals surface area contributed by atoms with Gasteiger partial charge < -0.3 is 9.57 Å². The first-order valence-electron chi connectivity index (χ1n) is 5.87. The monoisotopic (exact) mass is 235 g/mol. The molecule has 4 nitrogen and oxygen atoms in total. The maximum absolute atomic E-state index is 5.51. The van der Waals surface area contributed by atoms with Gasteiger partial charge in [0.15, 0.2) is 5.75 Å². The number of hydrogen-bond acceptors (Lipinski definition) is 4. The van der Waals surface area contributed by atoms with Gasteiger partial charge >= 0.3 is 0 Å². The van der Waals surface area contributed by atoms with E-state index in [1.54, 1.807) is 6.20 Å². The Kier molecular flexibility index (Phi) is 3.88. The Labute approximate surface area is 101 Å². The highest BCUT2D eigenvalue weighted by Crippen LogP contribution is 2.21. The van der Waals surface area contributed by atoms with Crippen LogP contribution in [0.15, 0.2) is 36.5 Å². The molecule has 1 aliphatic rings. The van der Waals surface area contributed by atoms with Crippen LogP contribution in [0.5, 0.6) is 11.5 Å². The normalized spacial score (nSPS) is 18.5. The first-order valence-corrected chi connectivity index (χ1v) is 5.87. The van der Waals surface area contributed by atoms with Gasteiger partial charge in [-0.15, -0.1) is 0 Å². The van der Waals surface area contributed by atoms with Gasteiger partial charge in [-0.1, -0.05) is 12.2 Å². The maximum Gasteiger partial charge on any atom is 0.158 e. The molecular formula is C13H17NO3. The molecule has 1 aromatic carbocycles. The standard InChI is InChI=1S/C13H17NO3/c1-3-11-9-10-14(16-11)17-13-7-5-12(6-8-13)15-4-2/h5-11H,3-4H2,1-2H3. The molecule has 0 fully saturated rings. The second-order valence-electron chi connectivity index (χ2n) is 3.67. The molecule has 17 heavy (non-hydrogen) atoms. The fraction of sp³-hybridized carbons (Fsp3) is 0.385. The summed E-state index contributed by atoms with van der Waals surface area (Å²) in [5, 5.41) is 1.38. The van der Waals surface area contributed by atoms with Crippen molar-refractivity contribution < 1.29 is 14.4 Å². The molecule has 0 bridgehead atoms. The fourth-order valence-electron chi connectivity index (χ4n) is 1.50. The van der Waals surface area contributed by atoms with Crippen LogP contribution in [0.4, 0.5) is 0 Å². The summed E-state index contributed by atoms with van der Waals surface area (Å²) in [7, 11) is 0. The van der Waals surface area contributed by atoms with Gasteiger partial charge in [-0.3, -0.25) is 0 Å². The minimum absolute atomic E-state index is 0.109. The second-order valence-corrected chi connectivity index (χ2v) is 3.67. The summed E-state index contributed by atoms with van der Waals surface area (Å²) in [5.41, 5.74) is 0. The number of ether oxygens (including phenoxy) is 1. The van der Waals surface area contributed by atoms with Crippen LogP contribution in [0.25, 0.3) is 0 Å². The molecular weight excluding hydrogens is 218 g/mol. The van der Waals surface area contributed by atoms with Crippen molar-refractivity contribution in [1.29, 1.82) is 0 Å². The first-order chi connectivity index (χ1) is 8.31. The Bertz CT molecular complexity index is 375. The largest absolute Gasteiger partial charge is 0.494 e. The number of benzene rings is 1. The van der Waals surface area contributed by atoms with Crippen molar-refractivity contribution in [3.05, 3.63) is 36.5 Å². The predicted octanol–water partition coefficient (Wildman–Crippen LogP) is 2.92. The van der Waals surface area contributed by atoms with E-state index in [1.807, 2.05) is 37.3 Å². The van der Waals surface area contributed by atoms with Crippen molar-refractivity contribution in [1.82, 2.24) is 5.23 Å². The molecule has 0 amide bonds. The predicted molar refractivity (Wildman–Crippen MR) is 64.4 cm³/mol. The van der Waals surface area contributed by atoms with E-state index in [9.17, 15) is 0 Å². The Morgan fingerprint density at radius 2 is 1.88 bits per heavy atom. The van der Waals surface area contributed by atoms with Crippen molar-refractivity contribution in [2.24, 2.45) is 0 Å². The van der Waals surface area contributed by atoms with Crippen molar-refractivity contribution in [3.63, 3.8) is 0 Å². The van der Waals surface area contributed by atoms with E-state index in [1.165, 1.54) is 5.23 Å². The number of rotatable bonds is 5. The SMILES string of the molecule is CCOc1ccc(ON2C=CC(CC)O2)cc1. The van der Waals surface area contributed by atoms with Crippen LogP contribution in [-0.2, 0) is 4.84 Å². The van der Waals surface area contributed by atoms with Gasteiger partial charge in [0.1, 0.15) is 11.9 Å². The summed E-state index contributed by atoms with van der Waals surface area (Å²) in [6, 6.07) is 7.44. The van der Waals surface area contributed by atoms with Gasteiger partial charge in [0.25, 0.3) is 0 Å². The molecule has 1 aliphatic heterocycles. The molecule has 92 valence electrons. The smallest absolute Gasteiger partial charge is 0.158 e. The van der Waals surface area contributed by atoms with Crippen LogP contribution in [0.2, 0.25) is 0 Å². The van der Waals surface area contributed by atoms with Crippen LogP contribution in [0.3, 0.4) is 0 Å². The minimum atomic E-state index is 0.109. The summed E-state index contributed by atoms with van der Waals surface area (Å²) < 4.78 is 5.35. The van der Waals surface area contributed by atoms with Crippen LogP contribution in [0.1, 0.15) is 20.3 Å². The summed E-state index contributed by atoms with van der Waals surface area (Å²) in [6.45, 7) is 4.68. The summed E-state index contributed by atoms with van der Waals surface area (Å²) in [6.07, 6.45) is 4.79. The zero-order chi connectivity index (χ0) is 12.1. The van der Waals surface area contributed by atoms with Crippen molar-refractivity contribution in [2.45, 2.75) is 26.4 Å². The average molecular weight is 235 g/mol. The lowest BCUT2D eigenvalue weighted by Crippen LogP contribution is -2.21. The highest BCUT2D eigenvalue weighted by Gasteiger charge is 2.16. The molecule has 1 heterocycles. The third-order valence-electron chi connectivity index (χ3n) is 2.39. The fourth-order valence-corrected chi connectivity index (χ4v) is 1.50. The van der Waals surface area contributed by atoms with E-state index in [0.717, 1.165) is 17.9 Å². The van der Waals surface area contributed by atoms with Gasteiger partial charge in [-0.05, 0) is 43.7 Å². The zero-order valence-electron chi connectivity index (χ0n) is 10.1. The van der Waals surface area contributed by atoms with Gasteiger partial charge in [-0.2, -0.15) is 0 Å². The molecule has 0 N–H and O–H groups in total. The lowest BCUT2D eigenvalue weighted by Gasteiger charge is -2.17. The minimum Gasteiger partial charge on any atom is -0.494 e. The van der Waals surface area contributed by atoms with Crippen molar-refractivity contribution in [2.75, 3.05) is 6.61 Å². The lowest BCUT2D eigenvalue weighted by molar-refractivity contribution is -0.284. The molecule has 0 radical (unpaired) electrons. The highest BCUT2D eigenvalue weighted by molar-refractivity contribution is 5.31. The quantitative estimate of drug-likeness (QED) is 0.785. The Hall–Kier alpha value is -1.68. The molecule has 0 spiro atoms. The Morgan fingerprint density at radius 3 is 2.47 bits per heavy atom. The van der Waals surface area contributed by atoms with E-state index >= 15 is 0 Å². The molecule has 4 heteroatoms. The Morgan fingerprint density at radius 1 is 1.18 bits per heavy atom. The van der Waals surface area contributed by atoms with Crippen molar-refractivity contribution >= 4 is 0 Å². The molecule has 0 saturated heterocycles. The van der Waals surface area contributed by atoms with E-state index in [0.29, 0.717) is 6.61 Å². The number of hydroxylamine groups is 2. The molecule has 2 rings (SSSR count). The molecule has 0 saturated carbocycles. The molecule has 1 aromatic rings. The summed E-state index contributed by atoms with van der Waals surface area (Å²) in [5.74, 6) is 1.55. The van der Waals surface area contributed by atoms with E-state index < -0.39 is 0 Å². The summed E-state index contributed by atoms with van der Waals surface area (Å²) in [4.78, 5) is 11.0. The second kappa shape index (κ2) is 5.59. The topological polar surface area (TPSA) is 30.9 Å². The average Bonchev–Trinajstić information content (AvgIpc) is 2.80. The van der Waals surface area contributed by atoms with Crippen LogP contribution >= 0.6 is 0 Å². The van der Waals surface area contributed by atoms with Gasteiger partial charge in [0.2, 0.25) is 0 Å². The third kappa shape index (κ3) is 3.14.